The molecule has 2 amide bonds. The van der Waals surface area contributed by atoms with Gasteiger partial charge >= 0.3 is 0 Å². The maximum absolute atomic E-state index is 12.4. The molecule has 0 spiro atoms. The van der Waals surface area contributed by atoms with Gasteiger partial charge in [-0.2, -0.15) is 0 Å². The highest BCUT2D eigenvalue weighted by atomic mass is 127. The largest absolute Gasteiger partial charge is 0.497 e. The number of fused-ring (bicyclic) bond motifs is 1. The molecule has 0 aromatic heterocycles. The fourth-order valence-corrected chi connectivity index (χ4v) is 4.34. The Morgan fingerprint density at radius 2 is 1.56 bits per heavy atom. The Balaban J connectivity index is 0.00000324. The Kier molecular flexibility index (Phi) is 9.14. The van der Waals surface area contributed by atoms with E-state index < -0.39 is 0 Å². The monoisotopic (exact) mass is 577 g/mol. The van der Waals surface area contributed by atoms with Crippen molar-refractivity contribution in [1.82, 2.24) is 15.1 Å². The van der Waals surface area contributed by atoms with E-state index in [9.17, 15) is 9.59 Å². The zero-order chi connectivity index (χ0) is 23.2. The van der Waals surface area contributed by atoms with Crippen LogP contribution in [0.25, 0.3) is 0 Å². The summed E-state index contributed by atoms with van der Waals surface area (Å²) < 4.78 is 5.24. The second-order valence-electron chi connectivity index (χ2n) is 8.16. The van der Waals surface area contributed by atoms with Gasteiger partial charge < -0.3 is 19.9 Å². The molecule has 0 unspecified atom stereocenters. The molecule has 2 heterocycles. The molecule has 0 atom stereocenters. The molecule has 9 heteroatoms. The van der Waals surface area contributed by atoms with Crippen LogP contribution in [0.15, 0.2) is 53.5 Å². The van der Waals surface area contributed by atoms with Crippen molar-refractivity contribution in [2.24, 2.45) is 4.99 Å². The Bertz CT molecular complexity index is 984. The molecule has 0 radical (unpaired) electrons. The first-order valence-electron chi connectivity index (χ1n) is 11.4. The van der Waals surface area contributed by atoms with Crippen molar-refractivity contribution in [2.45, 2.75) is 12.8 Å². The molecule has 4 rings (SSSR count). The first kappa shape index (κ1) is 25.8. The van der Waals surface area contributed by atoms with Crippen LogP contribution in [0, 0.1) is 0 Å². The number of hydrogen-bond acceptors (Lipinski definition) is 5. The standard InChI is InChI=1S/C25H31N5O3.HI/c1-26-25(29-17-15-28(16-18-29)19-9-11-20(33-2)12-10-19)27-13-5-6-14-30-23(31)21-7-3-4-8-22(21)24(30)32;/h3-4,7-12H,5-6,13-18H2,1-2H3,(H,26,27);1H. The van der Waals surface area contributed by atoms with Gasteiger partial charge in [-0.1, -0.05) is 12.1 Å². The minimum Gasteiger partial charge on any atom is -0.497 e. The molecule has 1 saturated heterocycles. The van der Waals surface area contributed by atoms with E-state index in [4.69, 9.17) is 4.74 Å². The number of rotatable bonds is 7. The number of aliphatic imine (C=N–C) groups is 1. The molecule has 8 nitrogen and oxygen atoms in total. The van der Waals surface area contributed by atoms with Crippen LogP contribution in [0.1, 0.15) is 33.6 Å². The number of carbonyl (C=O) groups is 2. The highest BCUT2D eigenvalue weighted by Crippen LogP contribution is 2.23. The second-order valence-corrected chi connectivity index (χ2v) is 8.16. The number of nitrogens with one attached hydrogen (secondary N) is 1. The Labute approximate surface area is 218 Å². The molecule has 2 aromatic carbocycles. The van der Waals surface area contributed by atoms with Crippen LogP contribution < -0.4 is 15.0 Å². The van der Waals surface area contributed by atoms with Crippen LogP contribution in [0.5, 0.6) is 5.75 Å². The van der Waals surface area contributed by atoms with Gasteiger partial charge in [0, 0.05) is 52.0 Å². The smallest absolute Gasteiger partial charge is 0.261 e. The molecule has 1 N–H and O–H groups in total. The van der Waals surface area contributed by atoms with Gasteiger partial charge in [0.1, 0.15) is 5.75 Å². The Hall–Kier alpha value is -2.82. The van der Waals surface area contributed by atoms with E-state index in [2.05, 4.69) is 32.2 Å². The number of guanidine groups is 1. The number of nitrogens with zero attached hydrogens (tertiary/aromatic N) is 4. The molecule has 1 fully saturated rings. The maximum atomic E-state index is 12.4. The molecule has 0 bridgehead atoms. The fourth-order valence-electron chi connectivity index (χ4n) is 4.34. The minimum atomic E-state index is -0.186. The van der Waals surface area contributed by atoms with E-state index in [1.807, 2.05) is 12.1 Å². The van der Waals surface area contributed by atoms with Crippen molar-refractivity contribution in [1.29, 1.82) is 0 Å². The zero-order valence-corrected chi connectivity index (χ0v) is 22.0. The number of ether oxygens (including phenoxy) is 1. The van der Waals surface area contributed by atoms with Gasteiger partial charge in [0.25, 0.3) is 11.8 Å². The van der Waals surface area contributed by atoms with Crippen LogP contribution in [0.2, 0.25) is 0 Å². The number of anilines is 1. The van der Waals surface area contributed by atoms with Crippen LogP contribution in [0.3, 0.4) is 0 Å². The van der Waals surface area contributed by atoms with Crippen molar-refractivity contribution in [3.05, 3.63) is 59.7 Å². The number of hydrogen-bond donors (Lipinski definition) is 1. The van der Waals surface area contributed by atoms with Gasteiger partial charge in [0.2, 0.25) is 0 Å². The number of benzene rings is 2. The summed E-state index contributed by atoms with van der Waals surface area (Å²) in [5.41, 5.74) is 2.22. The number of amides is 2. The van der Waals surface area contributed by atoms with E-state index in [1.165, 1.54) is 10.6 Å². The lowest BCUT2D eigenvalue weighted by Gasteiger charge is -2.37. The number of halogens is 1. The molecule has 2 aliphatic heterocycles. The molecule has 0 saturated carbocycles. The second kappa shape index (κ2) is 12.0. The number of imide groups is 1. The first-order chi connectivity index (χ1) is 16.1. The van der Waals surface area contributed by atoms with Crippen LogP contribution in [-0.2, 0) is 0 Å². The van der Waals surface area contributed by atoms with E-state index in [1.54, 1.807) is 38.4 Å². The lowest BCUT2D eigenvalue weighted by atomic mass is 10.1. The van der Waals surface area contributed by atoms with Gasteiger partial charge in [-0.3, -0.25) is 19.5 Å². The van der Waals surface area contributed by atoms with Crippen molar-refractivity contribution >= 4 is 47.4 Å². The summed E-state index contributed by atoms with van der Waals surface area (Å²) in [7, 11) is 3.48. The molecule has 2 aromatic rings. The topological polar surface area (TPSA) is 77.5 Å². The molecule has 2 aliphatic rings. The van der Waals surface area contributed by atoms with Gasteiger partial charge in [-0.15, -0.1) is 24.0 Å². The van der Waals surface area contributed by atoms with Crippen molar-refractivity contribution in [2.75, 3.05) is 58.3 Å². The number of methoxy groups -OCH3 is 1. The van der Waals surface area contributed by atoms with Crippen molar-refractivity contribution in [3.8, 4) is 5.75 Å². The molecule has 0 aliphatic carbocycles. The first-order valence-corrected chi connectivity index (χ1v) is 11.4. The maximum Gasteiger partial charge on any atom is 0.261 e. The van der Waals surface area contributed by atoms with Gasteiger partial charge in [-0.05, 0) is 49.2 Å². The third-order valence-electron chi connectivity index (χ3n) is 6.20. The van der Waals surface area contributed by atoms with E-state index in [-0.39, 0.29) is 35.8 Å². The highest BCUT2D eigenvalue weighted by Gasteiger charge is 2.34. The van der Waals surface area contributed by atoms with Crippen LogP contribution >= 0.6 is 24.0 Å². The summed E-state index contributed by atoms with van der Waals surface area (Å²) in [6, 6.07) is 15.2. The van der Waals surface area contributed by atoms with Gasteiger partial charge in [0.05, 0.1) is 18.2 Å². The predicted octanol–water partition coefficient (Wildman–Crippen LogP) is 3.09. The van der Waals surface area contributed by atoms with Crippen LogP contribution in [0.4, 0.5) is 5.69 Å². The minimum absolute atomic E-state index is 0. The third kappa shape index (κ3) is 5.63. The lowest BCUT2D eigenvalue weighted by molar-refractivity contribution is 0.0652. The predicted molar refractivity (Wildman–Crippen MR) is 145 cm³/mol. The zero-order valence-electron chi connectivity index (χ0n) is 19.7. The summed E-state index contributed by atoms with van der Waals surface area (Å²) in [6.07, 6.45) is 1.60. The normalized spacial score (nSPS) is 15.8. The molecular weight excluding hydrogens is 545 g/mol. The summed E-state index contributed by atoms with van der Waals surface area (Å²) in [4.78, 5) is 35.3. The molecular formula is C25H32IN5O3. The van der Waals surface area contributed by atoms with Crippen molar-refractivity contribution in [3.63, 3.8) is 0 Å². The van der Waals surface area contributed by atoms with Gasteiger partial charge in [0.15, 0.2) is 5.96 Å². The fraction of sp³-hybridized carbons (Fsp3) is 0.400. The van der Waals surface area contributed by atoms with E-state index in [0.717, 1.165) is 57.3 Å². The Morgan fingerprint density at radius 3 is 2.12 bits per heavy atom. The Morgan fingerprint density at radius 1 is 0.941 bits per heavy atom. The third-order valence-corrected chi connectivity index (χ3v) is 6.20. The molecule has 34 heavy (non-hydrogen) atoms. The SMILES string of the molecule is CN=C(NCCCCN1C(=O)c2ccccc2C1=O)N1CCN(c2ccc(OC)cc2)CC1.I. The summed E-state index contributed by atoms with van der Waals surface area (Å²) in [5, 5.41) is 3.43. The lowest BCUT2D eigenvalue weighted by Crippen LogP contribution is -2.52. The average molecular weight is 577 g/mol. The summed E-state index contributed by atoms with van der Waals surface area (Å²) in [5.74, 6) is 1.39. The number of unbranched alkanes of at least 4 members (excludes halogenated alkanes) is 1. The van der Waals surface area contributed by atoms with Crippen molar-refractivity contribution < 1.29 is 14.3 Å². The number of carbonyl (C=O) groups excluding carboxylic acids is 2. The summed E-state index contributed by atoms with van der Waals surface area (Å²) >= 11 is 0. The quantitative estimate of drug-likeness (QED) is 0.179. The molecule has 182 valence electrons. The van der Waals surface area contributed by atoms with E-state index >= 15 is 0 Å². The van der Waals surface area contributed by atoms with E-state index in [0.29, 0.717) is 17.7 Å². The van der Waals surface area contributed by atoms with Gasteiger partial charge in [-0.25, -0.2) is 0 Å². The van der Waals surface area contributed by atoms with Crippen LogP contribution in [-0.4, -0.2) is 81.0 Å². The average Bonchev–Trinajstić information content (AvgIpc) is 3.11. The summed E-state index contributed by atoms with van der Waals surface area (Å²) in [6.45, 7) is 4.81. The number of piperazine rings is 1. The highest BCUT2D eigenvalue weighted by molar-refractivity contribution is 14.0.